The third kappa shape index (κ3) is 59.3. The number of unbranched alkanes of at least 4 members (excludes halogenated alkanes) is 31. The monoisotopic (exact) mass is 1020 g/mol. The van der Waals surface area contributed by atoms with Gasteiger partial charge in [-0.25, -0.2) is 0 Å². The Morgan fingerprint density at radius 2 is 0.534 bits per heavy atom. The first-order valence-electron chi connectivity index (χ1n) is 31.1. The number of rotatable bonds is 56. The van der Waals surface area contributed by atoms with E-state index in [1.54, 1.807) is 0 Å². The van der Waals surface area contributed by atoms with Gasteiger partial charge in [0.15, 0.2) is 6.10 Å². The molecule has 420 valence electrons. The van der Waals surface area contributed by atoms with Gasteiger partial charge in [-0.2, -0.15) is 0 Å². The molecule has 0 saturated heterocycles. The molecule has 0 fully saturated rings. The van der Waals surface area contributed by atoms with Crippen molar-refractivity contribution in [2.24, 2.45) is 0 Å². The molecule has 73 heavy (non-hydrogen) atoms. The molecule has 0 amide bonds. The van der Waals surface area contributed by atoms with E-state index >= 15 is 0 Å². The molecule has 6 heteroatoms. The van der Waals surface area contributed by atoms with Crippen molar-refractivity contribution in [2.45, 2.75) is 309 Å². The summed E-state index contributed by atoms with van der Waals surface area (Å²) in [5.74, 6) is -0.930. The third-order valence-corrected chi connectivity index (χ3v) is 13.4. The van der Waals surface area contributed by atoms with E-state index < -0.39 is 6.10 Å². The lowest BCUT2D eigenvalue weighted by molar-refractivity contribution is -0.167. The van der Waals surface area contributed by atoms with Gasteiger partial charge in [0, 0.05) is 19.3 Å². The summed E-state index contributed by atoms with van der Waals surface area (Å²) in [6.45, 7) is 6.49. The van der Waals surface area contributed by atoms with Gasteiger partial charge in [0.2, 0.25) is 0 Å². The van der Waals surface area contributed by atoms with Crippen LogP contribution in [0.2, 0.25) is 0 Å². The number of carbonyl (C=O) groups is 3. The summed E-state index contributed by atoms with van der Waals surface area (Å²) in [5.41, 5.74) is 0. The molecule has 1 unspecified atom stereocenters. The van der Waals surface area contributed by atoms with Crippen molar-refractivity contribution in [3.8, 4) is 0 Å². The van der Waals surface area contributed by atoms with Gasteiger partial charge in [-0.05, 0) is 96.3 Å². The van der Waals surface area contributed by atoms with Crippen LogP contribution in [0.1, 0.15) is 303 Å². The molecule has 0 N–H and O–H groups in total. The van der Waals surface area contributed by atoms with Crippen LogP contribution in [0.15, 0.2) is 85.1 Å². The maximum Gasteiger partial charge on any atom is 0.306 e. The highest BCUT2D eigenvalue weighted by atomic mass is 16.6. The Morgan fingerprint density at radius 3 is 0.877 bits per heavy atom. The van der Waals surface area contributed by atoms with E-state index in [1.165, 1.54) is 167 Å². The molecular formula is C67H116O6. The van der Waals surface area contributed by atoms with Crippen molar-refractivity contribution in [3.63, 3.8) is 0 Å². The first kappa shape index (κ1) is 69.6. The lowest BCUT2D eigenvalue weighted by atomic mass is 10.0. The molecule has 0 heterocycles. The fraction of sp³-hybridized carbons (Fsp3) is 0.746. The summed E-state index contributed by atoms with van der Waals surface area (Å²) in [7, 11) is 0. The number of esters is 3. The minimum absolute atomic E-state index is 0.0921. The third-order valence-electron chi connectivity index (χ3n) is 13.4. The van der Waals surface area contributed by atoms with E-state index in [-0.39, 0.29) is 37.5 Å². The minimum atomic E-state index is -0.798. The molecule has 1 atom stereocenters. The van der Waals surface area contributed by atoms with E-state index in [0.29, 0.717) is 19.3 Å². The van der Waals surface area contributed by atoms with Crippen LogP contribution in [-0.4, -0.2) is 37.2 Å². The Balaban J connectivity index is 4.28. The summed E-state index contributed by atoms with van der Waals surface area (Å²) in [5, 5.41) is 0. The van der Waals surface area contributed by atoms with Gasteiger partial charge < -0.3 is 14.2 Å². The predicted molar refractivity (Wildman–Crippen MR) is 316 cm³/mol. The van der Waals surface area contributed by atoms with E-state index in [0.717, 1.165) is 89.9 Å². The first-order valence-corrected chi connectivity index (χ1v) is 31.1. The highest BCUT2D eigenvalue weighted by molar-refractivity contribution is 5.71. The van der Waals surface area contributed by atoms with Crippen LogP contribution < -0.4 is 0 Å². The molecule has 0 aromatic heterocycles. The average molecular weight is 1020 g/mol. The van der Waals surface area contributed by atoms with Crippen LogP contribution in [-0.2, 0) is 28.6 Å². The van der Waals surface area contributed by atoms with Crippen molar-refractivity contribution in [1.82, 2.24) is 0 Å². The Bertz CT molecular complexity index is 1400. The highest BCUT2D eigenvalue weighted by Gasteiger charge is 2.19. The maximum absolute atomic E-state index is 12.8. The lowest BCUT2D eigenvalue weighted by Crippen LogP contribution is -2.30. The standard InChI is InChI=1S/C67H116O6/c1-4-7-10-13-16-19-21-23-25-27-29-31-32-33-34-36-37-39-41-43-45-48-51-54-57-60-66(69)72-63-64(62-71-65(68)59-56-53-50-47-18-15-12-9-6-3)73-67(70)61-58-55-52-49-46-44-42-40-38-35-30-28-26-24-22-20-17-14-11-8-5-2/h8,11,17,20,24,26-27,29-30,35,40,42,46,49,64H,4-7,9-10,12-16,18-19,21-23,25,28,31-34,36-39,41,43-45,47-48,50-63H2,1-3H3/b11-8-,20-17-,26-24-,29-27-,35-30-,42-40-,49-46-. The second-order valence-corrected chi connectivity index (χ2v) is 20.6. The van der Waals surface area contributed by atoms with E-state index in [4.69, 9.17) is 14.2 Å². The second-order valence-electron chi connectivity index (χ2n) is 20.6. The molecule has 0 bridgehead atoms. The zero-order valence-corrected chi connectivity index (χ0v) is 48.1. The Labute approximate surface area is 452 Å². The van der Waals surface area contributed by atoms with Crippen LogP contribution in [0.4, 0.5) is 0 Å². The average Bonchev–Trinajstić information content (AvgIpc) is 3.39. The van der Waals surface area contributed by atoms with Crippen LogP contribution in [0, 0.1) is 0 Å². The number of hydrogen-bond donors (Lipinski definition) is 0. The zero-order chi connectivity index (χ0) is 52.9. The van der Waals surface area contributed by atoms with Gasteiger partial charge in [-0.3, -0.25) is 14.4 Å². The van der Waals surface area contributed by atoms with Gasteiger partial charge in [0.05, 0.1) is 0 Å². The molecule has 6 nitrogen and oxygen atoms in total. The first-order chi connectivity index (χ1) is 36.0. The summed E-state index contributed by atoms with van der Waals surface area (Å²) in [6.07, 6.45) is 80.3. The number of allylic oxidation sites excluding steroid dienone is 14. The highest BCUT2D eigenvalue weighted by Crippen LogP contribution is 2.16. The van der Waals surface area contributed by atoms with Gasteiger partial charge in [0.25, 0.3) is 0 Å². The van der Waals surface area contributed by atoms with Crippen molar-refractivity contribution in [3.05, 3.63) is 85.1 Å². The largest absolute Gasteiger partial charge is 0.462 e. The fourth-order valence-electron chi connectivity index (χ4n) is 8.74. The summed E-state index contributed by atoms with van der Waals surface area (Å²) < 4.78 is 16.8. The van der Waals surface area contributed by atoms with Gasteiger partial charge in [-0.15, -0.1) is 0 Å². The summed E-state index contributed by atoms with van der Waals surface area (Å²) in [6, 6.07) is 0. The van der Waals surface area contributed by atoms with Crippen LogP contribution in [0.5, 0.6) is 0 Å². The van der Waals surface area contributed by atoms with Crippen molar-refractivity contribution in [2.75, 3.05) is 13.2 Å². The zero-order valence-electron chi connectivity index (χ0n) is 48.1. The molecule has 0 aromatic rings. The molecule has 0 aliphatic rings. The Kier molecular flexibility index (Phi) is 58.3. The maximum atomic E-state index is 12.8. The van der Waals surface area contributed by atoms with Crippen molar-refractivity contribution >= 4 is 17.9 Å². The molecule has 0 spiro atoms. The molecular weight excluding hydrogens is 901 g/mol. The Morgan fingerprint density at radius 1 is 0.288 bits per heavy atom. The number of ether oxygens (including phenoxy) is 3. The smallest absolute Gasteiger partial charge is 0.306 e. The quantitative estimate of drug-likeness (QED) is 0.0261. The van der Waals surface area contributed by atoms with Gasteiger partial charge >= 0.3 is 17.9 Å². The SMILES string of the molecule is CC/C=C\C/C=C\C/C=C\C/C=C\C/C=C\C/C=C\CCCCC(=O)OC(COC(=O)CCCCCCCCCCC)COC(=O)CCCCCCCCCCCCCCC/C=C\CCCCCCCCCC. The van der Waals surface area contributed by atoms with E-state index in [2.05, 4.69) is 106 Å². The van der Waals surface area contributed by atoms with E-state index in [1.807, 2.05) is 0 Å². The summed E-state index contributed by atoms with van der Waals surface area (Å²) >= 11 is 0. The van der Waals surface area contributed by atoms with Crippen LogP contribution in [0.25, 0.3) is 0 Å². The number of hydrogen-bond acceptors (Lipinski definition) is 6. The normalized spacial score (nSPS) is 12.6. The van der Waals surface area contributed by atoms with Crippen molar-refractivity contribution in [1.29, 1.82) is 0 Å². The van der Waals surface area contributed by atoms with Crippen LogP contribution in [0.3, 0.4) is 0 Å². The molecule has 0 radical (unpaired) electrons. The molecule has 0 aromatic carbocycles. The molecule has 0 saturated carbocycles. The lowest BCUT2D eigenvalue weighted by Gasteiger charge is -2.18. The van der Waals surface area contributed by atoms with Crippen molar-refractivity contribution < 1.29 is 28.6 Å². The topological polar surface area (TPSA) is 78.9 Å². The second kappa shape index (κ2) is 61.1. The molecule has 0 aliphatic heterocycles. The Hall–Kier alpha value is -3.41. The number of carbonyl (C=O) groups excluding carboxylic acids is 3. The molecule has 0 rings (SSSR count). The van der Waals surface area contributed by atoms with Gasteiger partial charge in [0.1, 0.15) is 13.2 Å². The predicted octanol–water partition coefficient (Wildman–Crippen LogP) is 21.1. The minimum Gasteiger partial charge on any atom is -0.462 e. The van der Waals surface area contributed by atoms with Crippen LogP contribution >= 0.6 is 0 Å². The molecule has 0 aliphatic carbocycles. The fourth-order valence-corrected chi connectivity index (χ4v) is 8.74. The van der Waals surface area contributed by atoms with Gasteiger partial charge in [-0.1, -0.05) is 273 Å². The summed E-state index contributed by atoms with van der Waals surface area (Å²) in [4.78, 5) is 38.1. The van der Waals surface area contributed by atoms with E-state index in [9.17, 15) is 14.4 Å².